The van der Waals surface area contributed by atoms with Gasteiger partial charge in [-0.05, 0) is 44.2 Å². The second-order valence-corrected chi connectivity index (χ2v) is 4.93. The highest BCUT2D eigenvalue weighted by atomic mass is 14.9. The quantitative estimate of drug-likeness (QED) is 0.557. The van der Waals surface area contributed by atoms with Crippen LogP contribution in [0.25, 0.3) is 0 Å². The zero-order chi connectivity index (χ0) is 10.2. The lowest BCUT2D eigenvalue weighted by molar-refractivity contribution is 0.454. The van der Waals surface area contributed by atoms with Gasteiger partial charge in [0.05, 0.1) is 0 Å². The van der Waals surface area contributed by atoms with Crippen LogP contribution < -0.4 is 5.32 Å². The van der Waals surface area contributed by atoms with E-state index >= 15 is 0 Å². The minimum atomic E-state index is 0.922. The van der Waals surface area contributed by atoms with Crippen molar-refractivity contribution in [3.8, 4) is 0 Å². The fourth-order valence-corrected chi connectivity index (χ4v) is 2.02. The Kier molecular flexibility index (Phi) is 6.25. The number of nitrogens with one attached hydrogen (secondary N) is 1. The Balaban J connectivity index is 1.75. The van der Waals surface area contributed by atoms with E-state index in [0.29, 0.717) is 0 Å². The van der Waals surface area contributed by atoms with Gasteiger partial charge in [-0.25, -0.2) is 0 Å². The Morgan fingerprint density at radius 2 is 1.86 bits per heavy atom. The minimum Gasteiger partial charge on any atom is -0.316 e. The van der Waals surface area contributed by atoms with Gasteiger partial charge in [-0.3, -0.25) is 0 Å². The average molecular weight is 197 g/mol. The van der Waals surface area contributed by atoms with Crippen molar-refractivity contribution >= 4 is 0 Å². The summed E-state index contributed by atoms with van der Waals surface area (Å²) in [7, 11) is 0. The summed E-state index contributed by atoms with van der Waals surface area (Å²) in [4.78, 5) is 0. The van der Waals surface area contributed by atoms with Gasteiger partial charge in [0.2, 0.25) is 0 Å². The second-order valence-electron chi connectivity index (χ2n) is 4.93. The third-order valence-corrected chi connectivity index (χ3v) is 3.35. The van der Waals surface area contributed by atoms with Crippen molar-refractivity contribution < 1.29 is 0 Å². The lowest BCUT2D eigenvalue weighted by Crippen LogP contribution is -2.23. The van der Waals surface area contributed by atoms with Gasteiger partial charge in [-0.2, -0.15) is 0 Å². The third kappa shape index (κ3) is 5.64. The van der Waals surface area contributed by atoms with Crippen LogP contribution in [0.1, 0.15) is 58.8 Å². The van der Waals surface area contributed by atoms with Crippen LogP contribution in [0, 0.1) is 11.8 Å². The molecule has 0 bridgehead atoms. The lowest BCUT2D eigenvalue weighted by atomic mass is 10.1. The Bertz CT molecular complexity index is 129. The monoisotopic (exact) mass is 197 g/mol. The van der Waals surface area contributed by atoms with Gasteiger partial charge in [-0.1, -0.05) is 39.5 Å². The first-order chi connectivity index (χ1) is 6.84. The molecule has 1 heteroatoms. The summed E-state index contributed by atoms with van der Waals surface area (Å²) < 4.78 is 0. The topological polar surface area (TPSA) is 12.0 Å². The molecule has 0 spiro atoms. The SMILES string of the molecule is CCCCCCCNCC(C)C1CC1. The summed E-state index contributed by atoms with van der Waals surface area (Å²) in [6.45, 7) is 7.15. The van der Waals surface area contributed by atoms with Gasteiger partial charge in [0.15, 0.2) is 0 Å². The van der Waals surface area contributed by atoms with Crippen LogP contribution >= 0.6 is 0 Å². The van der Waals surface area contributed by atoms with E-state index in [9.17, 15) is 0 Å². The summed E-state index contributed by atoms with van der Waals surface area (Å²) in [6.07, 6.45) is 9.95. The van der Waals surface area contributed by atoms with E-state index in [-0.39, 0.29) is 0 Å². The molecular weight excluding hydrogens is 170 g/mol. The summed E-state index contributed by atoms with van der Waals surface area (Å²) in [5.41, 5.74) is 0. The van der Waals surface area contributed by atoms with Crippen LogP contribution in [-0.4, -0.2) is 13.1 Å². The van der Waals surface area contributed by atoms with Crippen LogP contribution in [0.3, 0.4) is 0 Å². The molecule has 0 aromatic heterocycles. The normalized spacial score (nSPS) is 18.4. The Morgan fingerprint density at radius 1 is 1.14 bits per heavy atom. The van der Waals surface area contributed by atoms with Crippen molar-refractivity contribution in [1.82, 2.24) is 5.32 Å². The first kappa shape index (κ1) is 12.0. The predicted octanol–water partition coefficient (Wildman–Crippen LogP) is 3.59. The van der Waals surface area contributed by atoms with E-state index in [2.05, 4.69) is 19.2 Å². The highest BCUT2D eigenvalue weighted by Gasteiger charge is 2.27. The summed E-state index contributed by atoms with van der Waals surface area (Å²) in [5, 5.41) is 3.58. The lowest BCUT2D eigenvalue weighted by Gasteiger charge is -2.10. The average Bonchev–Trinajstić information content (AvgIpc) is 2.99. The highest BCUT2D eigenvalue weighted by Crippen LogP contribution is 2.35. The number of rotatable bonds is 9. The van der Waals surface area contributed by atoms with E-state index in [1.807, 2.05) is 0 Å². The molecular formula is C13H27N. The van der Waals surface area contributed by atoms with Crippen LogP contribution in [0.5, 0.6) is 0 Å². The standard InChI is InChI=1S/C13H27N/c1-3-4-5-6-7-10-14-11-12(2)13-8-9-13/h12-14H,3-11H2,1-2H3. The maximum absolute atomic E-state index is 3.58. The van der Waals surface area contributed by atoms with E-state index in [1.54, 1.807) is 0 Å². The molecule has 1 atom stereocenters. The number of unbranched alkanes of at least 4 members (excludes halogenated alkanes) is 4. The molecule has 0 saturated heterocycles. The van der Waals surface area contributed by atoms with Gasteiger partial charge in [0.25, 0.3) is 0 Å². The smallest absolute Gasteiger partial charge is 0.00205 e. The van der Waals surface area contributed by atoms with Crippen molar-refractivity contribution in [2.24, 2.45) is 11.8 Å². The fourth-order valence-electron chi connectivity index (χ4n) is 2.02. The van der Waals surface area contributed by atoms with Crippen molar-refractivity contribution in [1.29, 1.82) is 0 Å². The predicted molar refractivity (Wildman–Crippen MR) is 63.5 cm³/mol. The molecule has 1 saturated carbocycles. The van der Waals surface area contributed by atoms with Gasteiger partial charge >= 0.3 is 0 Å². The Hall–Kier alpha value is -0.0400. The second kappa shape index (κ2) is 7.28. The van der Waals surface area contributed by atoms with Gasteiger partial charge in [0.1, 0.15) is 0 Å². The zero-order valence-electron chi connectivity index (χ0n) is 10.0. The molecule has 0 aliphatic heterocycles. The molecule has 1 aliphatic carbocycles. The molecule has 0 aromatic carbocycles. The van der Waals surface area contributed by atoms with E-state index in [1.165, 1.54) is 58.0 Å². The van der Waals surface area contributed by atoms with Crippen molar-refractivity contribution in [2.75, 3.05) is 13.1 Å². The van der Waals surface area contributed by atoms with Crippen LogP contribution in [-0.2, 0) is 0 Å². The Labute approximate surface area is 89.7 Å². The molecule has 84 valence electrons. The summed E-state index contributed by atoms with van der Waals surface area (Å²) >= 11 is 0. The first-order valence-corrected chi connectivity index (χ1v) is 6.55. The van der Waals surface area contributed by atoms with Gasteiger partial charge in [-0.15, -0.1) is 0 Å². The summed E-state index contributed by atoms with van der Waals surface area (Å²) in [5.74, 6) is 1.98. The van der Waals surface area contributed by atoms with E-state index < -0.39 is 0 Å². The molecule has 1 N–H and O–H groups in total. The molecule has 1 unspecified atom stereocenters. The van der Waals surface area contributed by atoms with Crippen LogP contribution in [0.15, 0.2) is 0 Å². The Morgan fingerprint density at radius 3 is 2.50 bits per heavy atom. The number of hydrogen-bond acceptors (Lipinski definition) is 1. The fraction of sp³-hybridized carbons (Fsp3) is 1.00. The maximum Gasteiger partial charge on any atom is -0.00205 e. The first-order valence-electron chi connectivity index (χ1n) is 6.55. The largest absolute Gasteiger partial charge is 0.316 e. The van der Waals surface area contributed by atoms with Crippen molar-refractivity contribution in [3.63, 3.8) is 0 Å². The zero-order valence-corrected chi connectivity index (χ0v) is 10.0. The number of hydrogen-bond donors (Lipinski definition) is 1. The van der Waals surface area contributed by atoms with E-state index in [0.717, 1.165) is 11.8 Å². The third-order valence-electron chi connectivity index (χ3n) is 3.35. The molecule has 0 radical (unpaired) electrons. The highest BCUT2D eigenvalue weighted by molar-refractivity contribution is 4.79. The van der Waals surface area contributed by atoms with Crippen LogP contribution in [0.2, 0.25) is 0 Å². The van der Waals surface area contributed by atoms with Crippen LogP contribution in [0.4, 0.5) is 0 Å². The van der Waals surface area contributed by atoms with E-state index in [4.69, 9.17) is 0 Å². The molecule has 1 aliphatic rings. The van der Waals surface area contributed by atoms with Crippen molar-refractivity contribution in [3.05, 3.63) is 0 Å². The molecule has 1 nitrogen and oxygen atoms in total. The minimum absolute atomic E-state index is 0.922. The van der Waals surface area contributed by atoms with Gasteiger partial charge in [0, 0.05) is 0 Å². The molecule has 0 amide bonds. The molecule has 14 heavy (non-hydrogen) atoms. The maximum atomic E-state index is 3.58. The molecule has 0 heterocycles. The molecule has 1 rings (SSSR count). The molecule has 1 fully saturated rings. The summed E-state index contributed by atoms with van der Waals surface area (Å²) in [6, 6.07) is 0. The van der Waals surface area contributed by atoms with Crippen molar-refractivity contribution in [2.45, 2.75) is 58.8 Å². The molecule has 0 aromatic rings. The van der Waals surface area contributed by atoms with Gasteiger partial charge < -0.3 is 5.32 Å².